The predicted molar refractivity (Wildman–Crippen MR) is 126 cm³/mol. The number of hydrogen-bond donors (Lipinski definition) is 2. The smallest absolute Gasteiger partial charge is 0.434 e. The average Bonchev–Trinajstić information content (AvgIpc) is 3.33. The lowest BCUT2D eigenvalue weighted by Crippen LogP contribution is -2.26. The van der Waals surface area contributed by atoms with Crippen molar-refractivity contribution in [1.82, 2.24) is 15.1 Å². The quantitative estimate of drug-likeness (QED) is 0.340. The Hall–Kier alpha value is -4.67. The summed E-state index contributed by atoms with van der Waals surface area (Å²) in [5, 5.41) is 6.15. The first-order valence-electron chi connectivity index (χ1n) is 10.9. The molecule has 1 aromatic heterocycles. The summed E-state index contributed by atoms with van der Waals surface area (Å²) in [6, 6.07) is 18.5. The van der Waals surface area contributed by atoms with Crippen LogP contribution < -0.4 is 15.8 Å². The number of hydrogen-bond acceptors (Lipinski definition) is 4. The molecule has 0 atom stereocenters. The maximum atomic E-state index is 13.8. The van der Waals surface area contributed by atoms with E-state index in [0.717, 1.165) is 29.5 Å². The predicted octanol–water partition coefficient (Wildman–Crippen LogP) is 4.49. The van der Waals surface area contributed by atoms with E-state index in [2.05, 4.69) is 10.4 Å². The Morgan fingerprint density at radius 2 is 1.62 bits per heavy atom. The van der Waals surface area contributed by atoms with E-state index in [4.69, 9.17) is 10.5 Å². The van der Waals surface area contributed by atoms with Crippen LogP contribution in [0.3, 0.4) is 0 Å². The maximum absolute atomic E-state index is 13.8. The molecule has 11 heteroatoms. The highest BCUT2D eigenvalue weighted by molar-refractivity contribution is 5.95. The van der Waals surface area contributed by atoms with Crippen molar-refractivity contribution < 1.29 is 31.9 Å². The number of nitrogens with zero attached hydrogens (tertiary/aromatic N) is 2. The highest BCUT2D eigenvalue weighted by atomic mass is 19.4. The van der Waals surface area contributed by atoms with Crippen molar-refractivity contribution in [3.63, 3.8) is 0 Å². The van der Waals surface area contributed by atoms with Gasteiger partial charge in [-0.2, -0.15) is 18.3 Å². The van der Waals surface area contributed by atoms with Gasteiger partial charge in [0.05, 0.1) is 17.4 Å². The Bertz CT molecular complexity index is 1420. The van der Waals surface area contributed by atoms with Gasteiger partial charge in [-0.3, -0.25) is 9.59 Å². The lowest BCUT2D eigenvalue weighted by atomic mass is 10.0. The third-order valence-corrected chi connectivity index (χ3v) is 5.31. The van der Waals surface area contributed by atoms with E-state index >= 15 is 0 Å². The van der Waals surface area contributed by atoms with Gasteiger partial charge in [0.25, 0.3) is 11.8 Å². The van der Waals surface area contributed by atoms with Crippen molar-refractivity contribution in [2.75, 3.05) is 6.61 Å². The molecule has 0 unspecified atom stereocenters. The van der Waals surface area contributed by atoms with Crippen LogP contribution in [-0.2, 0) is 17.5 Å². The standard InChI is InChI=1S/C26H20F4N4O3/c27-19-2-1-3-20(12-19)34-24(26(28,29)30)22(14-33-34)25(36)32-13-16-4-6-17(7-5-16)18-8-10-21(11-9-18)37-15-23(31)35/h1-12,14H,13,15H2,(H2,31,35)(H,32,36). The summed E-state index contributed by atoms with van der Waals surface area (Å²) < 4.78 is 60.7. The number of nitrogens with two attached hydrogens (primary N) is 1. The number of aromatic nitrogens is 2. The molecule has 0 spiro atoms. The molecule has 3 N–H and O–H groups in total. The molecule has 0 aliphatic rings. The lowest BCUT2D eigenvalue weighted by molar-refractivity contribution is -0.143. The molecule has 190 valence electrons. The zero-order valence-corrected chi connectivity index (χ0v) is 19.1. The van der Waals surface area contributed by atoms with Crippen molar-refractivity contribution in [2.24, 2.45) is 5.73 Å². The van der Waals surface area contributed by atoms with Gasteiger partial charge in [-0.05, 0) is 47.0 Å². The highest BCUT2D eigenvalue weighted by Gasteiger charge is 2.40. The van der Waals surface area contributed by atoms with Gasteiger partial charge >= 0.3 is 6.18 Å². The normalized spacial score (nSPS) is 11.2. The number of halogens is 4. The second-order valence-corrected chi connectivity index (χ2v) is 7.96. The molecule has 0 saturated heterocycles. The average molecular weight is 512 g/mol. The molecular weight excluding hydrogens is 492 g/mol. The first kappa shape index (κ1) is 25.4. The van der Waals surface area contributed by atoms with Crippen molar-refractivity contribution >= 4 is 11.8 Å². The summed E-state index contributed by atoms with van der Waals surface area (Å²) in [4.78, 5) is 23.4. The van der Waals surface area contributed by atoms with E-state index in [-0.39, 0.29) is 18.8 Å². The SMILES string of the molecule is NC(=O)COc1ccc(-c2ccc(CNC(=O)c3cnn(-c4cccc(F)c4)c3C(F)(F)F)cc2)cc1. The van der Waals surface area contributed by atoms with Gasteiger partial charge in [0, 0.05) is 6.54 Å². The Labute approximate surface area is 208 Å². The molecular formula is C26H20F4N4O3. The number of alkyl halides is 3. The molecule has 2 amide bonds. The Morgan fingerprint density at radius 3 is 2.22 bits per heavy atom. The minimum atomic E-state index is -4.91. The van der Waals surface area contributed by atoms with Crippen LogP contribution in [-0.4, -0.2) is 28.2 Å². The summed E-state index contributed by atoms with van der Waals surface area (Å²) in [6.07, 6.45) is -4.10. The van der Waals surface area contributed by atoms with Crippen LogP contribution in [0.15, 0.2) is 79.0 Å². The molecule has 3 aromatic carbocycles. The number of rotatable bonds is 8. The molecule has 37 heavy (non-hydrogen) atoms. The number of carbonyl (C=O) groups is 2. The minimum absolute atomic E-state index is 0.0263. The van der Waals surface area contributed by atoms with E-state index in [1.54, 1.807) is 48.5 Å². The molecule has 0 bridgehead atoms. The second kappa shape index (κ2) is 10.5. The number of nitrogens with one attached hydrogen (secondary N) is 1. The van der Waals surface area contributed by atoms with Gasteiger partial charge < -0.3 is 15.8 Å². The molecule has 0 aliphatic heterocycles. The third kappa shape index (κ3) is 6.13. The monoisotopic (exact) mass is 512 g/mol. The van der Waals surface area contributed by atoms with E-state index in [0.29, 0.717) is 16.0 Å². The van der Waals surface area contributed by atoms with Gasteiger partial charge in [-0.25, -0.2) is 9.07 Å². The van der Waals surface area contributed by atoms with Gasteiger partial charge in [0.15, 0.2) is 12.3 Å². The van der Waals surface area contributed by atoms with E-state index in [1.165, 1.54) is 12.1 Å². The molecule has 0 radical (unpaired) electrons. The molecule has 1 heterocycles. The van der Waals surface area contributed by atoms with Crippen LogP contribution in [0.1, 0.15) is 21.6 Å². The number of primary amides is 1. The number of benzene rings is 3. The van der Waals surface area contributed by atoms with Gasteiger partial charge in [0.2, 0.25) is 0 Å². The van der Waals surface area contributed by atoms with Gasteiger partial charge in [-0.1, -0.05) is 42.5 Å². The molecule has 7 nitrogen and oxygen atoms in total. The fourth-order valence-corrected chi connectivity index (χ4v) is 3.58. The Kier molecular flexibility index (Phi) is 7.23. The molecule has 0 aliphatic carbocycles. The summed E-state index contributed by atoms with van der Waals surface area (Å²) in [7, 11) is 0. The molecule has 4 rings (SSSR count). The van der Waals surface area contributed by atoms with Crippen LogP contribution in [0.25, 0.3) is 16.8 Å². The summed E-state index contributed by atoms with van der Waals surface area (Å²) >= 11 is 0. The van der Waals surface area contributed by atoms with E-state index < -0.39 is 35.1 Å². The van der Waals surface area contributed by atoms with Crippen molar-refractivity contribution in [2.45, 2.75) is 12.7 Å². The Morgan fingerprint density at radius 1 is 0.973 bits per heavy atom. The zero-order valence-electron chi connectivity index (χ0n) is 19.1. The van der Waals surface area contributed by atoms with E-state index in [9.17, 15) is 27.2 Å². The fourth-order valence-electron chi connectivity index (χ4n) is 3.58. The summed E-state index contributed by atoms with van der Waals surface area (Å²) in [6.45, 7) is -0.253. The van der Waals surface area contributed by atoms with Crippen molar-refractivity contribution in [3.8, 4) is 22.6 Å². The largest absolute Gasteiger partial charge is 0.484 e. The van der Waals surface area contributed by atoms with Crippen LogP contribution in [0, 0.1) is 5.82 Å². The van der Waals surface area contributed by atoms with Crippen molar-refractivity contribution in [3.05, 3.63) is 102 Å². The van der Waals surface area contributed by atoms with Crippen LogP contribution >= 0.6 is 0 Å². The van der Waals surface area contributed by atoms with Crippen LogP contribution in [0.2, 0.25) is 0 Å². The van der Waals surface area contributed by atoms with Gasteiger partial charge in [0.1, 0.15) is 11.6 Å². The lowest BCUT2D eigenvalue weighted by Gasteiger charge is -2.13. The highest BCUT2D eigenvalue weighted by Crippen LogP contribution is 2.34. The van der Waals surface area contributed by atoms with Crippen LogP contribution in [0.4, 0.5) is 17.6 Å². The zero-order chi connectivity index (χ0) is 26.6. The third-order valence-electron chi connectivity index (χ3n) is 5.31. The fraction of sp³-hybridized carbons (Fsp3) is 0.115. The van der Waals surface area contributed by atoms with Gasteiger partial charge in [-0.15, -0.1) is 0 Å². The second-order valence-electron chi connectivity index (χ2n) is 7.96. The molecule has 0 saturated carbocycles. The number of carbonyl (C=O) groups excluding carboxylic acids is 2. The maximum Gasteiger partial charge on any atom is 0.434 e. The first-order chi connectivity index (χ1) is 17.6. The Balaban J connectivity index is 1.45. The topological polar surface area (TPSA) is 99.2 Å². The molecule has 0 fully saturated rings. The number of ether oxygens (including phenoxy) is 1. The first-order valence-corrected chi connectivity index (χ1v) is 10.9. The van der Waals surface area contributed by atoms with Crippen molar-refractivity contribution in [1.29, 1.82) is 0 Å². The molecule has 4 aromatic rings. The minimum Gasteiger partial charge on any atom is -0.484 e. The summed E-state index contributed by atoms with van der Waals surface area (Å²) in [5.41, 5.74) is 5.30. The van der Waals surface area contributed by atoms with E-state index in [1.807, 2.05) is 0 Å². The summed E-state index contributed by atoms with van der Waals surface area (Å²) in [5.74, 6) is -1.80. The number of amides is 2. The van der Waals surface area contributed by atoms with Crippen LogP contribution in [0.5, 0.6) is 5.75 Å².